The summed E-state index contributed by atoms with van der Waals surface area (Å²) in [5.41, 5.74) is 0.883. The van der Waals surface area contributed by atoms with Gasteiger partial charge in [-0.05, 0) is 24.5 Å². The predicted molar refractivity (Wildman–Crippen MR) is 101 cm³/mol. The number of aromatic nitrogens is 5. The molecule has 0 bridgehead atoms. The molecule has 8 nitrogen and oxygen atoms in total. The average molecular weight is 406 g/mol. The number of nitrogens with zero attached hydrogens (tertiary/aromatic N) is 5. The fourth-order valence-electron chi connectivity index (χ4n) is 3.08. The van der Waals surface area contributed by atoms with Crippen molar-refractivity contribution in [2.24, 2.45) is 13.0 Å². The molecular weight excluding hydrogens is 386 g/mol. The zero-order valence-corrected chi connectivity index (χ0v) is 16.4. The lowest BCUT2D eigenvalue weighted by molar-refractivity contribution is 0.528. The largest absolute Gasteiger partial charge is 0.420 e. The van der Waals surface area contributed by atoms with E-state index in [1.54, 1.807) is 0 Å². The van der Waals surface area contributed by atoms with Crippen LogP contribution in [-0.2, 0) is 29.1 Å². The highest BCUT2D eigenvalue weighted by Gasteiger charge is 2.29. The Morgan fingerprint density at radius 2 is 2.00 bits per heavy atom. The van der Waals surface area contributed by atoms with Gasteiger partial charge in [0, 0.05) is 19.0 Å². The minimum absolute atomic E-state index is 0.125. The third-order valence-electron chi connectivity index (χ3n) is 4.54. The smallest absolute Gasteiger partial charge is 0.247 e. The summed E-state index contributed by atoms with van der Waals surface area (Å²) in [6.07, 6.45) is 1.32. The number of thioether (sulfide) groups is 1. The highest BCUT2D eigenvalue weighted by atomic mass is 32.2. The molecular formula is C17H19N5O3S2. The summed E-state index contributed by atoms with van der Waals surface area (Å²) < 4.78 is 30.8. The number of benzene rings is 1. The van der Waals surface area contributed by atoms with Crippen LogP contribution in [0.3, 0.4) is 0 Å². The molecule has 1 atom stereocenters. The molecule has 1 saturated heterocycles. The third-order valence-corrected chi connectivity index (χ3v) is 7.38. The van der Waals surface area contributed by atoms with Gasteiger partial charge in [-0.2, -0.15) is 0 Å². The molecule has 0 spiro atoms. The first-order chi connectivity index (χ1) is 13.0. The van der Waals surface area contributed by atoms with E-state index in [1.165, 1.54) is 11.8 Å². The zero-order valence-electron chi connectivity index (χ0n) is 14.8. The van der Waals surface area contributed by atoms with Crippen molar-refractivity contribution in [3.8, 4) is 11.5 Å². The maximum atomic E-state index is 11.6. The van der Waals surface area contributed by atoms with E-state index in [-0.39, 0.29) is 17.4 Å². The normalized spacial score (nSPS) is 18.8. The second kappa shape index (κ2) is 7.43. The second-order valence-corrected chi connectivity index (χ2v) is 9.76. The quantitative estimate of drug-likeness (QED) is 0.575. The maximum Gasteiger partial charge on any atom is 0.247 e. The Kier molecular flexibility index (Phi) is 5.00. The van der Waals surface area contributed by atoms with Crippen LogP contribution >= 0.6 is 11.8 Å². The third kappa shape index (κ3) is 4.22. The first-order valence-electron chi connectivity index (χ1n) is 8.59. The van der Waals surface area contributed by atoms with Crippen molar-refractivity contribution in [3.05, 3.63) is 42.0 Å². The van der Waals surface area contributed by atoms with Crippen LogP contribution in [0.4, 0.5) is 0 Å². The monoisotopic (exact) mass is 405 g/mol. The molecule has 0 unspecified atom stereocenters. The Morgan fingerprint density at radius 1 is 1.19 bits per heavy atom. The van der Waals surface area contributed by atoms with Crippen LogP contribution in [0, 0.1) is 5.92 Å². The summed E-state index contributed by atoms with van der Waals surface area (Å²) in [5, 5.41) is 17.3. The van der Waals surface area contributed by atoms with Gasteiger partial charge in [0.25, 0.3) is 0 Å². The van der Waals surface area contributed by atoms with Gasteiger partial charge in [-0.1, -0.05) is 30.0 Å². The molecule has 0 saturated carbocycles. The summed E-state index contributed by atoms with van der Waals surface area (Å²) in [4.78, 5) is 0. The van der Waals surface area contributed by atoms with Crippen molar-refractivity contribution in [1.82, 2.24) is 25.0 Å². The summed E-state index contributed by atoms with van der Waals surface area (Å²) in [7, 11) is -0.986. The number of sulfone groups is 1. The molecule has 1 aliphatic rings. The van der Waals surface area contributed by atoms with Crippen LogP contribution in [0.15, 0.2) is 39.9 Å². The lowest BCUT2D eigenvalue weighted by Gasteiger charge is -2.07. The zero-order chi connectivity index (χ0) is 18.9. The fourth-order valence-corrected chi connectivity index (χ4v) is 5.70. The maximum absolute atomic E-state index is 11.6. The second-order valence-electron chi connectivity index (χ2n) is 6.59. The molecule has 1 fully saturated rings. The molecule has 1 aromatic carbocycles. The highest BCUT2D eigenvalue weighted by molar-refractivity contribution is 7.98. The van der Waals surface area contributed by atoms with Crippen molar-refractivity contribution >= 4 is 21.6 Å². The van der Waals surface area contributed by atoms with Crippen molar-refractivity contribution < 1.29 is 12.8 Å². The van der Waals surface area contributed by atoms with E-state index in [0.29, 0.717) is 30.4 Å². The van der Waals surface area contributed by atoms with E-state index in [0.717, 1.165) is 16.5 Å². The minimum atomic E-state index is -2.88. The molecule has 1 aliphatic heterocycles. The predicted octanol–water partition coefficient (Wildman–Crippen LogP) is 2.13. The van der Waals surface area contributed by atoms with E-state index >= 15 is 0 Å². The van der Waals surface area contributed by atoms with Crippen molar-refractivity contribution in [2.45, 2.75) is 23.8 Å². The van der Waals surface area contributed by atoms with Crippen molar-refractivity contribution in [2.75, 3.05) is 11.5 Å². The Balaban J connectivity index is 1.38. The van der Waals surface area contributed by atoms with E-state index in [2.05, 4.69) is 20.4 Å². The lowest BCUT2D eigenvalue weighted by atomic mass is 10.1. The Bertz CT molecular complexity index is 1030. The van der Waals surface area contributed by atoms with Gasteiger partial charge < -0.3 is 8.98 Å². The number of hydrogen-bond acceptors (Lipinski definition) is 8. The van der Waals surface area contributed by atoms with Crippen molar-refractivity contribution in [1.29, 1.82) is 0 Å². The van der Waals surface area contributed by atoms with Crippen LogP contribution in [-0.4, -0.2) is 44.9 Å². The number of hydrogen-bond donors (Lipinski definition) is 0. The summed E-state index contributed by atoms with van der Waals surface area (Å²) in [6, 6.07) is 9.61. The SMILES string of the molecule is Cn1c(C[C@@H]2CCS(=O)(=O)C2)nnc1SCc1nnc(-c2ccccc2)o1. The van der Waals surface area contributed by atoms with Crippen LogP contribution in [0.2, 0.25) is 0 Å². The van der Waals surface area contributed by atoms with Gasteiger partial charge in [-0.3, -0.25) is 0 Å². The lowest BCUT2D eigenvalue weighted by Crippen LogP contribution is -2.11. The standard InChI is InChI=1S/C17H19N5O3S2/c1-22-14(9-12-7-8-27(23,24)11-12)18-21-17(22)26-10-15-19-20-16(25-15)13-5-3-2-4-6-13/h2-6,12H,7-11H2,1H3/t12-/m0/s1. The Morgan fingerprint density at radius 3 is 2.74 bits per heavy atom. The average Bonchev–Trinajstić information content (AvgIpc) is 3.35. The van der Waals surface area contributed by atoms with Gasteiger partial charge in [-0.15, -0.1) is 20.4 Å². The van der Waals surface area contributed by atoms with Crippen molar-refractivity contribution in [3.63, 3.8) is 0 Å². The molecule has 0 N–H and O–H groups in total. The molecule has 3 heterocycles. The van der Waals surface area contributed by atoms with Gasteiger partial charge in [0.2, 0.25) is 11.8 Å². The molecule has 10 heteroatoms. The van der Waals surface area contributed by atoms with Crippen LogP contribution in [0.25, 0.3) is 11.5 Å². The fraction of sp³-hybridized carbons (Fsp3) is 0.412. The van der Waals surface area contributed by atoms with Crippen LogP contribution < -0.4 is 0 Å². The molecule has 4 rings (SSSR count). The Hall–Kier alpha value is -2.20. The molecule has 0 aliphatic carbocycles. The molecule has 27 heavy (non-hydrogen) atoms. The first kappa shape index (κ1) is 18.2. The van der Waals surface area contributed by atoms with Gasteiger partial charge in [-0.25, -0.2) is 8.42 Å². The van der Waals surface area contributed by atoms with E-state index in [9.17, 15) is 8.42 Å². The summed E-state index contributed by atoms with van der Waals surface area (Å²) in [6.45, 7) is 0. The first-order valence-corrected chi connectivity index (χ1v) is 11.4. The molecule has 0 amide bonds. The molecule has 3 aromatic rings. The topological polar surface area (TPSA) is 104 Å². The van der Waals surface area contributed by atoms with Crippen LogP contribution in [0.1, 0.15) is 18.1 Å². The minimum Gasteiger partial charge on any atom is -0.420 e. The van der Waals surface area contributed by atoms with Crippen LogP contribution in [0.5, 0.6) is 0 Å². The molecule has 2 aromatic heterocycles. The number of rotatable bonds is 6. The summed E-state index contributed by atoms with van der Waals surface area (Å²) >= 11 is 1.46. The van der Waals surface area contributed by atoms with Gasteiger partial charge >= 0.3 is 0 Å². The van der Waals surface area contributed by atoms with E-state index in [1.807, 2.05) is 41.9 Å². The van der Waals surface area contributed by atoms with Gasteiger partial charge in [0.15, 0.2) is 15.0 Å². The Labute approximate surface area is 161 Å². The summed E-state index contributed by atoms with van der Waals surface area (Å²) in [5.74, 6) is 2.95. The van der Waals surface area contributed by atoms with Gasteiger partial charge in [0.1, 0.15) is 5.82 Å². The van der Waals surface area contributed by atoms with E-state index < -0.39 is 9.84 Å². The van der Waals surface area contributed by atoms with E-state index in [4.69, 9.17) is 4.42 Å². The molecule has 142 valence electrons. The molecule has 0 radical (unpaired) electrons. The highest BCUT2D eigenvalue weighted by Crippen LogP contribution is 2.26. The van der Waals surface area contributed by atoms with Gasteiger partial charge in [0.05, 0.1) is 17.3 Å².